The van der Waals surface area contributed by atoms with Crippen LogP contribution < -0.4 is 0 Å². The maximum absolute atomic E-state index is 7.83. The van der Waals surface area contributed by atoms with E-state index in [2.05, 4.69) is 9.97 Å². The van der Waals surface area contributed by atoms with Gasteiger partial charge in [0.05, 0.1) is 0 Å². The van der Waals surface area contributed by atoms with E-state index in [1.165, 1.54) is 12.8 Å². The maximum atomic E-state index is 7.83. The van der Waals surface area contributed by atoms with Crippen LogP contribution in [0, 0.1) is 5.41 Å². The van der Waals surface area contributed by atoms with Gasteiger partial charge in [-0.25, -0.2) is 9.97 Å². The lowest BCUT2D eigenvalue weighted by Crippen LogP contribution is -2.29. The zero-order valence-corrected chi connectivity index (χ0v) is 7.40. The van der Waals surface area contributed by atoms with Gasteiger partial charge in [-0.15, -0.1) is 0 Å². The van der Waals surface area contributed by atoms with E-state index in [1.54, 1.807) is 18.5 Å². The topological polar surface area (TPSA) is 52.9 Å². The van der Waals surface area contributed by atoms with Crippen molar-refractivity contribution in [1.29, 1.82) is 5.41 Å². The highest BCUT2D eigenvalue weighted by Gasteiger charge is 2.17. The minimum atomic E-state index is 0.457. The van der Waals surface area contributed by atoms with Crippen molar-refractivity contribution < 1.29 is 0 Å². The molecule has 1 aromatic heterocycles. The number of hydrogen-bond donors (Lipinski definition) is 1. The molecule has 0 aliphatic carbocycles. The molecule has 0 radical (unpaired) electrons. The monoisotopic (exact) mass is 176 g/mol. The second kappa shape index (κ2) is 3.51. The lowest BCUT2D eigenvalue weighted by Gasteiger charge is -2.16. The third-order valence-corrected chi connectivity index (χ3v) is 2.20. The van der Waals surface area contributed by atoms with Crippen LogP contribution in [-0.2, 0) is 0 Å². The minimum absolute atomic E-state index is 0.457. The van der Waals surface area contributed by atoms with Crippen molar-refractivity contribution >= 4 is 5.84 Å². The van der Waals surface area contributed by atoms with Gasteiger partial charge in [0.25, 0.3) is 0 Å². The van der Waals surface area contributed by atoms with Gasteiger partial charge in [-0.3, -0.25) is 5.41 Å². The first kappa shape index (κ1) is 8.16. The molecule has 13 heavy (non-hydrogen) atoms. The SMILES string of the molecule is N=C(c1ncccn1)N1CCCC1. The van der Waals surface area contributed by atoms with Gasteiger partial charge in [-0.1, -0.05) is 0 Å². The van der Waals surface area contributed by atoms with E-state index in [0.717, 1.165) is 13.1 Å². The van der Waals surface area contributed by atoms with Crippen LogP contribution in [0.5, 0.6) is 0 Å². The van der Waals surface area contributed by atoms with Gasteiger partial charge in [0.2, 0.25) is 0 Å². The quantitative estimate of drug-likeness (QED) is 0.511. The summed E-state index contributed by atoms with van der Waals surface area (Å²) in [6.45, 7) is 1.94. The Morgan fingerprint density at radius 2 is 1.85 bits per heavy atom. The smallest absolute Gasteiger partial charge is 0.194 e. The van der Waals surface area contributed by atoms with E-state index in [4.69, 9.17) is 5.41 Å². The van der Waals surface area contributed by atoms with Crippen LogP contribution in [0.3, 0.4) is 0 Å². The molecule has 1 aromatic rings. The summed E-state index contributed by atoms with van der Waals surface area (Å²) in [5, 5.41) is 7.83. The summed E-state index contributed by atoms with van der Waals surface area (Å²) >= 11 is 0. The van der Waals surface area contributed by atoms with Gasteiger partial charge in [0.1, 0.15) is 0 Å². The molecule has 1 fully saturated rings. The fourth-order valence-corrected chi connectivity index (χ4v) is 1.50. The first-order valence-electron chi connectivity index (χ1n) is 4.49. The van der Waals surface area contributed by atoms with E-state index in [9.17, 15) is 0 Å². The zero-order chi connectivity index (χ0) is 9.10. The van der Waals surface area contributed by atoms with Crippen molar-refractivity contribution in [2.45, 2.75) is 12.8 Å². The molecular weight excluding hydrogens is 164 g/mol. The van der Waals surface area contributed by atoms with Gasteiger partial charge in [-0.05, 0) is 18.9 Å². The van der Waals surface area contributed by atoms with Crippen molar-refractivity contribution in [3.05, 3.63) is 24.3 Å². The van der Waals surface area contributed by atoms with Crippen LogP contribution in [-0.4, -0.2) is 33.8 Å². The van der Waals surface area contributed by atoms with Crippen LogP contribution in [0.4, 0.5) is 0 Å². The van der Waals surface area contributed by atoms with Gasteiger partial charge in [-0.2, -0.15) is 0 Å². The van der Waals surface area contributed by atoms with Crippen LogP contribution in [0.1, 0.15) is 18.7 Å². The molecule has 4 heteroatoms. The van der Waals surface area contributed by atoms with Crippen LogP contribution in [0.15, 0.2) is 18.5 Å². The van der Waals surface area contributed by atoms with E-state index in [-0.39, 0.29) is 0 Å². The molecule has 68 valence electrons. The summed E-state index contributed by atoms with van der Waals surface area (Å²) < 4.78 is 0. The second-order valence-corrected chi connectivity index (χ2v) is 3.12. The number of aromatic nitrogens is 2. The number of likely N-dealkylation sites (tertiary alicyclic amines) is 1. The second-order valence-electron chi connectivity index (χ2n) is 3.12. The van der Waals surface area contributed by atoms with Gasteiger partial charge in [0, 0.05) is 25.5 Å². The molecule has 0 atom stereocenters. The van der Waals surface area contributed by atoms with Gasteiger partial charge in [0.15, 0.2) is 11.7 Å². The Hall–Kier alpha value is -1.45. The molecule has 4 nitrogen and oxygen atoms in total. The summed E-state index contributed by atoms with van der Waals surface area (Å²) in [4.78, 5) is 10.1. The zero-order valence-electron chi connectivity index (χ0n) is 7.40. The standard InChI is InChI=1S/C9H12N4/c10-8(13-6-1-2-7-13)9-11-4-3-5-12-9/h3-5,10H,1-2,6-7H2. The number of rotatable bonds is 1. The van der Waals surface area contributed by atoms with E-state index < -0.39 is 0 Å². The Kier molecular flexibility index (Phi) is 2.21. The van der Waals surface area contributed by atoms with E-state index in [1.807, 2.05) is 4.90 Å². The molecule has 2 heterocycles. The summed E-state index contributed by atoms with van der Waals surface area (Å²) in [5.41, 5.74) is 0. The Morgan fingerprint density at radius 3 is 2.46 bits per heavy atom. The third-order valence-electron chi connectivity index (χ3n) is 2.20. The molecular formula is C9H12N4. The molecule has 0 spiro atoms. The molecule has 1 aliphatic heterocycles. The lowest BCUT2D eigenvalue weighted by atomic mass is 10.4. The van der Waals surface area contributed by atoms with Crippen LogP contribution in [0.25, 0.3) is 0 Å². The maximum Gasteiger partial charge on any atom is 0.194 e. The van der Waals surface area contributed by atoms with E-state index >= 15 is 0 Å². The Bertz CT molecular complexity index is 290. The summed E-state index contributed by atoms with van der Waals surface area (Å²) in [6, 6.07) is 1.76. The molecule has 2 rings (SSSR count). The van der Waals surface area contributed by atoms with Gasteiger partial charge >= 0.3 is 0 Å². The largest absolute Gasteiger partial charge is 0.354 e. The van der Waals surface area contributed by atoms with Gasteiger partial charge < -0.3 is 4.90 Å². The average molecular weight is 176 g/mol. The van der Waals surface area contributed by atoms with Crippen molar-refractivity contribution in [2.75, 3.05) is 13.1 Å². The van der Waals surface area contributed by atoms with Crippen molar-refractivity contribution in [3.63, 3.8) is 0 Å². The summed E-state index contributed by atoms with van der Waals surface area (Å²) in [7, 11) is 0. The first-order valence-corrected chi connectivity index (χ1v) is 4.49. The third kappa shape index (κ3) is 1.66. The Balaban J connectivity index is 2.13. The number of nitrogens with one attached hydrogen (secondary N) is 1. The summed E-state index contributed by atoms with van der Waals surface area (Å²) in [6.07, 6.45) is 5.70. The minimum Gasteiger partial charge on any atom is -0.354 e. The molecule has 1 aliphatic rings. The molecule has 0 saturated carbocycles. The predicted octanol–water partition coefficient (Wildman–Crippen LogP) is 0.898. The average Bonchev–Trinajstić information content (AvgIpc) is 2.71. The highest BCUT2D eigenvalue weighted by molar-refractivity contribution is 5.92. The fourth-order valence-electron chi connectivity index (χ4n) is 1.50. The molecule has 0 unspecified atom stereocenters. The normalized spacial score (nSPS) is 16.2. The Labute approximate surface area is 77.1 Å². The number of hydrogen-bond acceptors (Lipinski definition) is 3. The highest BCUT2D eigenvalue weighted by atomic mass is 15.2. The number of amidine groups is 1. The van der Waals surface area contributed by atoms with Crippen LogP contribution in [0.2, 0.25) is 0 Å². The molecule has 0 amide bonds. The van der Waals surface area contributed by atoms with Crippen molar-refractivity contribution in [1.82, 2.24) is 14.9 Å². The fraction of sp³-hybridized carbons (Fsp3) is 0.444. The van der Waals surface area contributed by atoms with Crippen molar-refractivity contribution in [2.24, 2.45) is 0 Å². The Morgan fingerprint density at radius 1 is 1.23 bits per heavy atom. The predicted molar refractivity (Wildman–Crippen MR) is 49.7 cm³/mol. The molecule has 1 N–H and O–H groups in total. The van der Waals surface area contributed by atoms with E-state index in [0.29, 0.717) is 11.7 Å². The highest BCUT2D eigenvalue weighted by Crippen LogP contribution is 2.09. The van der Waals surface area contributed by atoms with Crippen LogP contribution >= 0.6 is 0 Å². The molecule has 0 bridgehead atoms. The number of nitrogens with zero attached hydrogens (tertiary/aromatic N) is 3. The van der Waals surface area contributed by atoms with Crippen molar-refractivity contribution in [3.8, 4) is 0 Å². The lowest BCUT2D eigenvalue weighted by molar-refractivity contribution is 0.513. The molecule has 1 saturated heterocycles. The summed E-state index contributed by atoms with van der Waals surface area (Å²) in [5.74, 6) is 0.988. The first-order chi connectivity index (χ1) is 6.38. The molecule has 0 aromatic carbocycles.